The minimum atomic E-state index is -2.95. The molecule has 82 valence electrons. The lowest BCUT2D eigenvalue weighted by atomic mass is 10.1. The van der Waals surface area contributed by atoms with E-state index < -0.39 is 6.61 Å². The molecular formula is C10H9ClF2O2. The Bertz CT molecular complexity index is 366. The first-order valence-corrected chi connectivity index (χ1v) is 4.70. The maximum absolute atomic E-state index is 11.9. The van der Waals surface area contributed by atoms with Gasteiger partial charge in [0.15, 0.2) is 5.78 Å². The number of Topliss-reactive ketones (excluding diaryl/α,β-unsaturated/α-hetero) is 1. The van der Waals surface area contributed by atoms with Gasteiger partial charge >= 0.3 is 6.61 Å². The number of rotatable bonds is 4. The molecule has 0 fully saturated rings. The first-order chi connectivity index (χ1) is 7.06. The van der Waals surface area contributed by atoms with Crippen molar-refractivity contribution in [3.8, 4) is 5.75 Å². The van der Waals surface area contributed by atoms with Crippen LogP contribution in [0.1, 0.15) is 23.7 Å². The van der Waals surface area contributed by atoms with Gasteiger partial charge in [-0.05, 0) is 12.1 Å². The summed E-state index contributed by atoms with van der Waals surface area (Å²) in [6.07, 6.45) is 0.262. The largest absolute Gasteiger partial charge is 0.433 e. The van der Waals surface area contributed by atoms with E-state index in [0.717, 1.165) is 0 Å². The van der Waals surface area contributed by atoms with E-state index in [0.29, 0.717) is 0 Å². The summed E-state index contributed by atoms with van der Waals surface area (Å²) < 4.78 is 28.1. The van der Waals surface area contributed by atoms with Crippen LogP contribution >= 0.6 is 11.6 Å². The lowest BCUT2D eigenvalue weighted by Gasteiger charge is -2.08. The topological polar surface area (TPSA) is 26.3 Å². The Kier molecular flexibility index (Phi) is 4.03. The van der Waals surface area contributed by atoms with Gasteiger partial charge in [-0.2, -0.15) is 8.78 Å². The summed E-state index contributed by atoms with van der Waals surface area (Å²) in [7, 11) is 0. The van der Waals surface area contributed by atoms with Crippen molar-refractivity contribution in [2.24, 2.45) is 0 Å². The summed E-state index contributed by atoms with van der Waals surface area (Å²) in [5, 5.41) is -0.0651. The average molecular weight is 235 g/mol. The number of alkyl halides is 2. The van der Waals surface area contributed by atoms with Crippen LogP contribution in [0.3, 0.4) is 0 Å². The highest BCUT2D eigenvalue weighted by atomic mass is 35.5. The molecule has 1 aromatic rings. The second kappa shape index (κ2) is 5.07. The van der Waals surface area contributed by atoms with Crippen LogP contribution in [0.2, 0.25) is 5.02 Å². The molecule has 2 nitrogen and oxygen atoms in total. The fourth-order valence-electron chi connectivity index (χ4n) is 1.10. The summed E-state index contributed by atoms with van der Waals surface area (Å²) in [5.74, 6) is -0.384. The summed E-state index contributed by atoms with van der Waals surface area (Å²) in [5.41, 5.74) is 0.206. The molecule has 0 amide bonds. The zero-order valence-electron chi connectivity index (χ0n) is 7.97. The van der Waals surface area contributed by atoms with Gasteiger partial charge in [0.05, 0.1) is 5.02 Å². The van der Waals surface area contributed by atoms with Crippen LogP contribution in [0.25, 0.3) is 0 Å². The van der Waals surface area contributed by atoms with E-state index in [-0.39, 0.29) is 28.5 Å². The molecule has 0 atom stereocenters. The fraction of sp³-hybridized carbons (Fsp3) is 0.300. The zero-order chi connectivity index (χ0) is 11.4. The summed E-state index contributed by atoms with van der Waals surface area (Å²) >= 11 is 5.75. The molecule has 0 aliphatic heterocycles. The third-order valence-electron chi connectivity index (χ3n) is 1.80. The second-order valence-corrected chi connectivity index (χ2v) is 3.15. The van der Waals surface area contributed by atoms with Crippen LogP contribution in [0.15, 0.2) is 18.2 Å². The number of carbonyl (C=O) groups excluding carboxylic acids is 1. The lowest BCUT2D eigenvalue weighted by molar-refractivity contribution is -0.0498. The average Bonchev–Trinajstić information content (AvgIpc) is 2.19. The molecule has 0 aliphatic rings. The van der Waals surface area contributed by atoms with Crippen molar-refractivity contribution in [2.75, 3.05) is 0 Å². The molecule has 5 heteroatoms. The third-order valence-corrected chi connectivity index (χ3v) is 2.19. The smallest absolute Gasteiger partial charge is 0.387 e. The first kappa shape index (κ1) is 11.9. The van der Waals surface area contributed by atoms with Crippen molar-refractivity contribution in [3.05, 3.63) is 28.8 Å². The Hall–Kier alpha value is -1.16. The summed E-state index contributed by atoms with van der Waals surface area (Å²) in [6, 6.07) is 4.22. The Morgan fingerprint density at radius 1 is 1.53 bits per heavy atom. The van der Waals surface area contributed by atoms with E-state index >= 15 is 0 Å². The molecule has 15 heavy (non-hydrogen) atoms. The Balaban J connectivity index is 3.05. The molecule has 0 N–H and O–H groups in total. The van der Waals surface area contributed by atoms with Crippen LogP contribution in [0.5, 0.6) is 5.75 Å². The number of ether oxygens (including phenoxy) is 1. The second-order valence-electron chi connectivity index (χ2n) is 2.77. The van der Waals surface area contributed by atoms with Crippen LogP contribution in [0, 0.1) is 0 Å². The summed E-state index contributed by atoms with van der Waals surface area (Å²) in [6.45, 7) is -1.28. The highest BCUT2D eigenvalue weighted by molar-refractivity contribution is 6.35. The van der Waals surface area contributed by atoms with Gasteiger partial charge in [-0.25, -0.2) is 0 Å². The van der Waals surface area contributed by atoms with Crippen LogP contribution in [0.4, 0.5) is 8.78 Å². The maximum Gasteiger partial charge on any atom is 0.387 e. The number of hydrogen-bond acceptors (Lipinski definition) is 2. The van der Waals surface area contributed by atoms with Crippen LogP contribution in [-0.4, -0.2) is 12.4 Å². The maximum atomic E-state index is 11.9. The van der Waals surface area contributed by atoms with Crippen LogP contribution < -0.4 is 4.74 Å². The van der Waals surface area contributed by atoms with Gasteiger partial charge in [0, 0.05) is 12.0 Å². The molecular weight excluding hydrogens is 226 g/mol. The van der Waals surface area contributed by atoms with Gasteiger partial charge in [0.25, 0.3) is 0 Å². The quantitative estimate of drug-likeness (QED) is 0.745. The monoisotopic (exact) mass is 234 g/mol. The number of ketones is 1. The molecule has 1 aromatic carbocycles. The van der Waals surface area contributed by atoms with Gasteiger partial charge < -0.3 is 4.74 Å². The molecule has 0 radical (unpaired) electrons. The van der Waals surface area contributed by atoms with Gasteiger partial charge in [-0.3, -0.25) is 4.79 Å². The Labute approximate surface area is 90.8 Å². The number of carbonyl (C=O) groups is 1. The van der Waals surface area contributed by atoms with Gasteiger partial charge in [-0.1, -0.05) is 24.6 Å². The predicted octanol–water partition coefficient (Wildman–Crippen LogP) is 3.53. The number of hydrogen-bond donors (Lipinski definition) is 0. The van der Waals surface area contributed by atoms with E-state index in [1.54, 1.807) is 6.92 Å². The fourth-order valence-corrected chi connectivity index (χ4v) is 1.38. The molecule has 0 spiro atoms. The van der Waals surface area contributed by atoms with Crippen molar-refractivity contribution >= 4 is 17.4 Å². The normalized spacial score (nSPS) is 10.5. The summed E-state index contributed by atoms with van der Waals surface area (Å²) in [4.78, 5) is 11.3. The van der Waals surface area contributed by atoms with Crippen molar-refractivity contribution in [2.45, 2.75) is 20.0 Å². The van der Waals surface area contributed by atoms with E-state index in [9.17, 15) is 13.6 Å². The SMILES string of the molecule is CCC(=O)c1cccc(OC(F)F)c1Cl. The van der Waals surface area contributed by atoms with E-state index in [1.807, 2.05) is 0 Å². The molecule has 0 aliphatic carbocycles. The predicted molar refractivity (Wildman–Crippen MR) is 52.7 cm³/mol. The molecule has 0 saturated heterocycles. The van der Waals surface area contributed by atoms with Gasteiger partial charge in [0.2, 0.25) is 0 Å². The van der Waals surface area contributed by atoms with E-state index in [2.05, 4.69) is 4.74 Å². The third kappa shape index (κ3) is 2.89. The van der Waals surface area contributed by atoms with Crippen molar-refractivity contribution in [1.82, 2.24) is 0 Å². The van der Waals surface area contributed by atoms with Crippen LogP contribution in [-0.2, 0) is 0 Å². The van der Waals surface area contributed by atoms with Gasteiger partial charge in [0.1, 0.15) is 5.75 Å². The first-order valence-electron chi connectivity index (χ1n) is 4.32. The molecule has 0 bridgehead atoms. The zero-order valence-corrected chi connectivity index (χ0v) is 8.72. The Morgan fingerprint density at radius 2 is 2.20 bits per heavy atom. The molecule has 0 aromatic heterocycles. The molecule has 0 heterocycles. The molecule has 0 saturated carbocycles. The standard InChI is InChI=1S/C10H9ClF2O2/c1-2-7(14)6-4-3-5-8(9(6)11)15-10(12)13/h3-5,10H,2H2,1H3. The minimum Gasteiger partial charge on any atom is -0.433 e. The molecule has 0 unspecified atom stereocenters. The highest BCUT2D eigenvalue weighted by Crippen LogP contribution is 2.29. The highest BCUT2D eigenvalue weighted by Gasteiger charge is 2.14. The van der Waals surface area contributed by atoms with E-state index in [1.165, 1.54) is 18.2 Å². The molecule has 1 rings (SSSR count). The number of halogens is 3. The lowest BCUT2D eigenvalue weighted by Crippen LogP contribution is -2.05. The van der Waals surface area contributed by atoms with Gasteiger partial charge in [-0.15, -0.1) is 0 Å². The van der Waals surface area contributed by atoms with E-state index in [4.69, 9.17) is 11.6 Å². The van der Waals surface area contributed by atoms with Crippen molar-refractivity contribution < 1.29 is 18.3 Å². The van der Waals surface area contributed by atoms with Crippen molar-refractivity contribution in [3.63, 3.8) is 0 Å². The Morgan fingerprint density at radius 3 is 2.73 bits per heavy atom. The number of benzene rings is 1. The minimum absolute atomic E-state index is 0.0651. The van der Waals surface area contributed by atoms with Crippen molar-refractivity contribution in [1.29, 1.82) is 0 Å².